The van der Waals surface area contributed by atoms with Crippen molar-refractivity contribution in [3.05, 3.63) is 11.9 Å². The number of rotatable bonds is 8. The Kier molecular flexibility index (Phi) is 7.64. The van der Waals surface area contributed by atoms with Crippen molar-refractivity contribution in [1.82, 2.24) is 20.3 Å². The van der Waals surface area contributed by atoms with Crippen LogP contribution in [0.1, 0.15) is 70.4 Å². The first kappa shape index (κ1) is 20.3. The van der Waals surface area contributed by atoms with E-state index in [9.17, 15) is 9.90 Å². The summed E-state index contributed by atoms with van der Waals surface area (Å²) in [5.74, 6) is 0.284. The minimum atomic E-state index is -0.317. The number of hydrogen-bond donors (Lipinski definition) is 2. The van der Waals surface area contributed by atoms with Gasteiger partial charge < -0.3 is 15.2 Å². The van der Waals surface area contributed by atoms with E-state index >= 15 is 0 Å². The van der Waals surface area contributed by atoms with Crippen LogP contribution in [0.2, 0.25) is 0 Å². The number of amides is 1. The van der Waals surface area contributed by atoms with Crippen molar-refractivity contribution in [3.8, 4) is 0 Å². The van der Waals surface area contributed by atoms with Crippen LogP contribution in [0.15, 0.2) is 6.20 Å². The number of ether oxygens (including phenoxy) is 1. The molecule has 1 aliphatic heterocycles. The number of aromatic nitrogens is 3. The zero-order valence-corrected chi connectivity index (χ0v) is 16.5. The van der Waals surface area contributed by atoms with Crippen molar-refractivity contribution in [2.45, 2.75) is 95.9 Å². The van der Waals surface area contributed by atoms with Crippen molar-refractivity contribution in [2.75, 3.05) is 6.61 Å². The van der Waals surface area contributed by atoms with Gasteiger partial charge in [0.05, 0.1) is 24.4 Å². The lowest BCUT2D eigenvalue weighted by atomic mass is 9.88. The van der Waals surface area contributed by atoms with Gasteiger partial charge in [0, 0.05) is 18.7 Å². The van der Waals surface area contributed by atoms with Crippen LogP contribution < -0.4 is 5.32 Å². The number of aliphatic hydroxyl groups excluding tert-OH is 1. The number of aliphatic hydroxyl groups is 1. The van der Waals surface area contributed by atoms with Gasteiger partial charge in [-0.15, -0.1) is 5.10 Å². The fraction of sp³-hybridized carbons (Fsp3) is 0.850. The number of hydrogen-bond acceptors (Lipinski definition) is 5. The maximum atomic E-state index is 12.5. The zero-order valence-electron chi connectivity index (χ0n) is 16.5. The maximum absolute atomic E-state index is 12.5. The molecule has 2 N–H and O–H groups in total. The van der Waals surface area contributed by atoms with Crippen LogP contribution >= 0.6 is 0 Å². The lowest BCUT2D eigenvalue weighted by molar-refractivity contribution is -0.133. The summed E-state index contributed by atoms with van der Waals surface area (Å²) in [6.07, 6.45) is 11.9. The van der Waals surface area contributed by atoms with Crippen LogP contribution in [-0.4, -0.2) is 50.9 Å². The Hall–Kier alpha value is -1.47. The molecule has 0 radical (unpaired) electrons. The molecule has 1 aromatic heterocycles. The highest BCUT2D eigenvalue weighted by molar-refractivity contribution is 5.79. The molecule has 1 saturated carbocycles. The Bertz CT molecular complexity index is 586. The third-order valence-electron chi connectivity index (χ3n) is 5.87. The molecule has 3 rings (SSSR count). The number of nitrogens with one attached hydrogen (secondary N) is 1. The molecule has 27 heavy (non-hydrogen) atoms. The quantitative estimate of drug-likeness (QED) is 0.724. The molecule has 2 fully saturated rings. The summed E-state index contributed by atoms with van der Waals surface area (Å²) in [6.45, 7) is 2.84. The number of carbonyl (C=O) groups is 1. The van der Waals surface area contributed by atoms with Crippen molar-refractivity contribution >= 4 is 5.91 Å². The molecule has 7 nitrogen and oxygen atoms in total. The average molecular weight is 379 g/mol. The van der Waals surface area contributed by atoms with Crippen molar-refractivity contribution < 1.29 is 14.6 Å². The van der Waals surface area contributed by atoms with Gasteiger partial charge >= 0.3 is 0 Å². The molecule has 2 heterocycles. The lowest BCUT2D eigenvalue weighted by Gasteiger charge is -2.37. The van der Waals surface area contributed by atoms with Crippen LogP contribution in [0.4, 0.5) is 0 Å². The molecule has 7 heteroatoms. The third-order valence-corrected chi connectivity index (χ3v) is 5.87. The molecule has 1 aromatic rings. The molecule has 0 aromatic carbocycles. The standard InChI is InChI=1S/C20H34N4O3/c1-2-6-16-13-24(23-22-16)12-11-17-9-10-18(19(14-25)27-17)21-20(26)15-7-4-3-5-8-15/h13,15,17-19,25H,2-12,14H2,1H3,(H,21,26)/t17-,18-,19+/m0/s1. The first-order valence-corrected chi connectivity index (χ1v) is 10.6. The lowest BCUT2D eigenvalue weighted by Crippen LogP contribution is -2.52. The predicted molar refractivity (Wildman–Crippen MR) is 102 cm³/mol. The highest BCUT2D eigenvalue weighted by Gasteiger charge is 2.33. The highest BCUT2D eigenvalue weighted by atomic mass is 16.5. The smallest absolute Gasteiger partial charge is 0.223 e. The molecular formula is C20H34N4O3. The van der Waals surface area contributed by atoms with Gasteiger partial charge in [-0.2, -0.15) is 0 Å². The van der Waals surface area contributed by atoms with Gasteiger partial charge in [0.15, 0.2) is 0 Å². The van der Waals surface area contributed by atoms with E-state index in [4.69, 9.17) is 4.74 Å². The first-order valence-electron chi connectivity index (χ1n) is 10.6. The fourth-order valence-electron chi connectivity index (χ4n) is 4.27. The van der Waals surface area contributed by atoms with E-state index in [2.05, 4.69) is 22.6 Å². The highest BCUT2D eigenvalue weighted by Crippen LogP contribution is 2.26. The largest absolute Gasteiger partial charge is 0.394 e. The van der Waals surface area contributed by atoms with Crippen LogP contribution in [0.25, 0.3) is 0 Å². The van der Waals surface area contributed by atoms with Gasteiger partial charge in [0.2, 0.25) is 5.91 Å². The first-order chi connectivity index (χ1) is 13.2. The minimum absolute atomic E-state index is 0.0594. The summed E-state index contributed by atoms with van der Waals surface area (Å²) in [4.78, 5) is 12.5. The summed E-state index contributed by atoms with van der Waals surface area (Å²) in [5, 5.41) is 21.2. The van der Waals surface area contributed by atoms with Crippen LogP contribution in [0.5, 0.6) is 0 Å². The maximum Gasteiger partial charge on any atom is 0.223 e. The molecule has 1 amide bonds. The Morgan fingerprint density at radius 1 is 1.30 bits per heavy atom. The van der Waals surface area contributed by atoms with Crippen LogP contribution in [0.3, 0.4) is 0 Å². The van der Waals surface area contributed by atoms with Gasteiger partial charge in [-0.05, 0) is 38.5 Å². The van der Waals surface area contributed by atoms with E-state index in [-0.39, 0.29) is 36.7 Å². The second-order valence-corrected chi connectivity index (χ2v) is 8.02. The third kappa shape index (κ3) is 5.75. The van der Waals surface area contributed by atoms with Crippen molar-refractivity contribution in [2.24, 2.45) is 5.92 Å². The SMILES string of the molecule is CCCc1cn(CC[C@@H]2CC[C@H](NC(=O)C3CCCCC3)[C@@H](CO)O2)nn1. The molecule has 1 saturated heterocycles. The van der Waals surface area contributed by atoms with Crippen LogP contribution in [-0.2, 0) is 22.5 Å². The Labute approximate surface area is 161 Å². The molecule has 152 valence electrons. The number of aryl methyl sites for hydroxylation is 2. The molecule has 0 unspecified atom stereocenters. The fourth-order valence-corrected chi connectivity index (χ4v) is 4.27. The average Bonchev–Trinajstić information content (AvgIpc) is 3.15. The molecule has 2 aliphatic rings. The van der Waals surface area contributed by atoms with E-state index in [0.717, 1.165) is 70.0 Å². The number of carbonyl (C=O) groups excluding carboxylic acids is 1. The molecule has 0 spiro atoms. The van der Waals surface area contributed by atoms with E-state index in [1.165, 1.54) is 6.42 Å². The molecule has 3 atom stereocenters. The zero-order chi connectivity index (χ0) is 19.1. The van der Waals surface area contributed by atoms with Gasteiger partial charge in [-0.3, -0.25) is 9.48 Å². The normalized spacial score (nSPS) is 26.8. The Morgan fingerprint density at radius 2 is 2.11 bits per heavy atom. The van der Waals surface area contributed by atoms with Gasteiger partial charge in [0.1, 0.15) is 6.10 Å². The topological polar surface area (TPSA) is 89.3 Å². The second kappa shape index (κ2) is 10.2. The summed E-state index contributed by atoms with van der Waals surface area (Å²) in [6, 6.07) is -0.0804. The second-order valence-electron chi connectivity index (χ2n) is 8.02. The summed E-state index contributed by atoms with van der Waals surface area (Å²) < 4.78 is 7.96. The summed E-state index contributed by atoms with van der Waals surface area (Å²) in [5.41, 5.74) is 1.03. The van der Waals surface area contributed by atoms with Crippen molar-refractivity contribution in [1.29, 1.82) is 0 Å². The van der Waals surface area contributed by atoms with E-state index in [1.54, 1.807) is 0 Å². The molecule has 1 aliphatic carbocycles. The Morgan fingerprint density at radius 3 is 2.85 bits per heavy atom. The molecular weight excluding hydrogens is 344 g/mol. The van der Waals surface area contributed by atoms with Gasteiger partial charge in [0.25, 0.3) is 0 Å². The predicted octanol–water partition coefficient (Wildman–Crippen LogP) is 2.23. The van der Waals surface area contributed by atoms with E-state index in [1.807, 2.05) is 10.9 Å². The minimum Gasteiger partial charge on any atom is -0.394 e. The Balaban J connectivity index is 1.44. The van der Waals surface area contributed by atoms with Crippen molar-refractivity contribution in [3.63, 3.8) is 0 Å². The monoisotopic (exact) mass is 378 g/mol. The summed E-state index contributed by atoms with van der Waals surface area (Å²) >= 11 is 0. The van der Waals surface area contributed by atoms with Crippen LogP contribution in [0, 0.1) is 5.92 Å². The van der Waals surface area contributed by atoms with Gasteiger partial charge in [-0.1, -0.05) is 37.8 Å². The van der Waals surface area contributed by atoms with Gasteiger partial charge in [-0.25, -0.2) is 0 Å². The van der Waals surface area contributed by atoms with E-state index < -0.39 is 0 Å². The number of nitrogens with zero attached hydrogens (tertiary/aromatic N) is 3. The van der Waals surface area contributed by atoms with E-state index in [0.29, 0.717) is 0 Å². The summed E-state index contributed by atoms with van der Waals surface area (Å²) in [7, 11) is 0. The molecule has 0 bridgehead atoms.